The number of nitrogens with one attached hydrogen (secondary N) is 3. The maximum absolute atomic E-state index is 14.6. The van der Waals surface area contributed by atoms with Crippen LogP contribution in [0.4, 0.5) is 9.18 Å². The van der Waals surface area contributed by atoms with Gasteiger partial charge in [0.15, 0.2) is 0 Å². The first-order valence-electron chi connectivity index (χ1n) is 12.6. The zero-order chi connectivity index (χ0) is 26.8. The van der Waals surface area contributed by atoms with Crippen LogP contribution in [0.2, 0.25) is 0 Å². The zero-order valence-corrected chi connectivity index (χ0v) is 21.7. The molecule has 0 aromatic rings. The van der Waals surface area contributed by atoms with Gasteiger partial charge < -0.3 is 25.6 Å². The summed E-state index contributed by atoms with van der Waals surface area (Å²) in [5.41, 5.74) is -0.695. The Morgan fingerprint density at radius 2 is 1.94 bits per heavy atom. The molecule has 0 spiro atoms. The normalized spacial score (nSPS) is 31.5. The molecule has 3 aliphatic rings. The third-order valence-corrected chi connectivity index (χ3v) is 7.85. The molecule has 11 heteroatoms. The van der Waals surface area contributed by atoms with E-state index < -0.39 is 53.5 Å². The first-order valence-corrected chi connectivity index (χ1v) is 12.6. The lowest BCUT2D eigenvalue weighted by Crippen LogP contribution is -2.59. The Balaban J connectivity index is 1.88. The third kappa shape index (κ3) is 5.90. The summed E-state index contributed by atoms with van der Waals surface area (Å²) < 4.78 is 19.3. The Morgan fingerprint density at radius 3 is 2.50 bits per heavy atom. The smallest absolute Gasteiger partial charge is 0.407 e. The zero-order valence-electron chi connectivity index (χ0n) is 21.7. The first-order chi connectivity index (χ1) is 16.9. The number of ether oxygens (including phenoxy) is 1. The molecule has 1 saturated carbocycles. The van der Waals surface area contributed by atoms with Crippen molar-refractivity contribution in [3.05, 3.63) is 0 Å². The number of methoxy groups -OCH3 is 1. The largest absolute Gasteiger partial charge is 0.453 e. The van der Waals surface area contributed by atoms with Crippen LogP contribution in [0, 0.1) is 40.4 Å². The van der Waals surface area contributed by atoms with Crippen molar-refractivity contribution in [3.8, 4) is 6.07 Å². The molecule has 4 amide bonds. The molecule has 1 aliphatic carbocycles. The maximum atomic E-state index is 14.6. The van der Waals surface area contributed by atoms with Gasteiger partial charge in [-0.3, -0.25) is 14.4 Å². The van der Waals surface area contributed by atoms with Gasteiger partial charge >= 0.3 is 6.09 Å². The average Bonchev–Trinajstić information content (AvgIpc) is 3.38. The van der Waals surface area contributed by atoms with E-state index in [2.05, 4.69) is 22.0 Å². The van der Waals surface area contributed by atoms with Gasteiger partial charge in [-0.25, -0.2) is 9.18 Å². The van der Waals surface area contributed by atoms with Crippen LogP contribution >= 0.6 is 0 Å². The summed E-state index contributed by atoms with van der Waals surface area (Å²) in [6.07, 6.45) is -0.606. The van der Waals surface area contributed by atoms with Gasteiger partial charge in [0.05, 0.1) is 13.2 Å². The van der Waals surface area contributed by atoms with E-state index in [9.17, 15) is 28.8 Å². The molecular formula is C25H38FN5O5. The Hall–Kier alpha value is -2.90. The van der Waals surface area contributed by atoms with Crippen LogP contribution in [-0.4, -0.2) is 73.2 Å². The third-order valence-electron chi connectivity index (χ3n) is 7.85. The lowest BCUT2D eigenvalue weighted by molar-refractivity contribution is -0.143. The number of hydrogen-bond acceptors (Lipinski definition) is 6. The van der Waals surface area contributed by atoms with Crippen molar-refractivity contribution in [3.63, 3.8) is 0 Å². The molecule has 2 heterocycles. The predicted octanol–water partition coefficient (Wildman–Crippen LogP) is 1.50. The summed E-state index contributed by atoms with van der Waals surface area (Å²) in [6.45, 7) is 8.10. The maximum Gasteiger partial charge on any atom is 0.407 e. The number of halogens is 1. The van der Waals surface area contributed by atoms with E-state index in [0.29, 0.717) is 19.4 Å². The van der Waals surface area contributed by atoms with Gasteiger partial charge in [0.25, 0.3) is 0 Å². The van der Waals surface area contributed by atoms with Crippen molar-refractivity contribution < 1.29 is 28.3 Å². The lowest BCUT2D eigenvalue weighted by Gasteiger charge is -2.36. The van der Waals surface area contributed by atoms with Crippen molar-refractivity contribution in [2.75, 3.05) is 20.2 Å². The highest BCUT2D eigenvalue weighted by Crippen LogP contribution is 2.45. The van der Waals surface area contributed by atoms with E-state index in [-0.39, 0.29) is 43.0 Å². The summed E-state index contributed by atoms with van der Waals surface area (Å²) in [7, 11) is 1.20. The van der Waals surface area contributed by atoms with Crippen molar-refractivity contribution in [2.24, 2.45) is 29.1 Å². The SMILES string of the molecule is COC(=O)N[C@H](C(=O)N1C[C@H]2[C@H](C[C@H](F)C[C@@H]2C)[C@H]1C(=O)N[C@H](C#N)C[C@@H]1CCNC1=O)C(C)(C)C. The Morgan fingerprint density at radius 1 is 1.25 bits per heavy atom. The van der Waals surface area contributed by atoms with Crippen LogP contribution in [-0.2, 0) is 19.1 Å². The highest BCUT2D eigenvalue weighted by molar-refractivity contribution is 5.93. The second kappa shape index (κ2) is 11.0. The minimum Gasteiger partial charge on any atom is -0.453 e. The van der Waals surface area contributed by atoms with Gasteiger partial charge in [0.1, 0.15) is 24.3 Å². The highest BCUT2D eigenvalue weighted by Gasteiger charge is 2.54. The average molecular weight is 508 g/mol. The molecule has 0 unspecified atom stereocenters. The molecule has 8 atom stereocenters. The number of nitrogens with zero attached hydrogens (tertiary/aromatic N) is 2. The minimum absolute atomic E-state index is 0.0394. The van der Waals surface area contributed by atoms with Crippen molar-refractivity contribution >= 4 is 23.8 Å². The first kappa shape index (κ1) is 27.7. The second-order valence-corrected chi connectivity index (χ2v) is 11.4. The molecular weight excluding hydrogens is 469 g/mol. The molecule has 0 aromatic heterocycles. The molecule has 36 heavy (non-hydrogen) atoms. The summed E-state index contributed by atoms with van der Waals surface area (Å²) in [5, 5.41) is 17.7. The summed E-state index contributed by atoms with van der Waals surface area (Å²) >= 11 is 0. The van der Waals surface area contributed by atoms with E-state index in [4.69, 9.17) is 4.74 Å². The minimum atomic E-state index is -1.09. The molecule has 0 bridgehead atoms. The van der Waals surface area contributed by atoms with Crippen molar-refractivity contribution in [1.82, 2.24) is 20.9 Å². The number of hydrogen-bond donors (Lipinski definition) is 3. The van der Waals surface area contributed by atoms with E-state index in [1.807, 2.05) is 6.92 Å². The predicted molar refractivity (Wildman–Crippen MR) is 128 cm³/mol. The number of carbonyl (C=O) groups is 4. The van der Waals surface area contributed by atoms with Crippen molar-refractivity contribution in [2.45, 2.75) is 77.7 Å². The Bertz CT molecular complexity index is 915. The quantitative estimate of drug-likeness (QED) is 0.498. The number of nitriles is 1. The van der Waals surface area contributed by atoms with Gasteiger partial charge in [-0.1, -0.05) is 27.7 Å². The molecule has 3 fully saturated rings. The van der Waals surface area contributed by atoms with Crippen LogP contribution < -0.4 is 16.0 Å². The number of alkyl halides is 1. The lowest BCUT2D eigenvalue weighted by atomic mass is 9.71. The topological polar surface area (TPSA) is 141 Å². The van der Waals surface area contributed by atoms with Crippen LogP contribution in [0.5, 0.6) is 0 Å². The number of fused-ring (bicyclic) bond motifs is 1. The molecule has 3 rings (SSSR count). The second-order valence-electron chi connectivity index (χ2n) is 11.4. The summed E-state index contributed by atoms with van der Waals surface area (Å²) in [5.74, 6) is -2.05. The Labute approximate surface area is 211 Å². The standard InChI is InChI=1S/C25H38FN5O5/c1-13-8-15(26)10-17-18(13)12-31(23(34)20(25(2,3)4)30-24(35)36-5)19(17)22(33)29-16(11-27)9-14-6-7-28-21(14)32/h13-20H,6-10,12H2,1-5H3,(H,28,32)(H,29,33)(H,30,35)/t13-,14-,15+,16-,17-,18+,19-,20+/m0/s1. The number of likely N-dealkylation sites (tertiary alicyclic amines) is 1. The molecule has 2 saturated heterocycles. The Kier molecular flexibility index (Phi) is 8.47. The van der Waals surface area contributed by atoms with Crippen LogP contribution in [0.15, 0.2) is 0 Å². The van der Waals surface area contributed by atoms with E-state index in [0.717, 1.165) is 0 Å². The summed E-state index contributed by atoms with van der Waals surface area (Å²) in [4.78, 5) is 52.9. The van der Waals surface area contributed by atoms with Gasteiger partial charge in [0, 0.05) is 19.0 Å². The van der Waals surface area contributed by atoms with Gasteiger partial charge in [-0.2, -0.15) is 5.26 Å². The highest BCUT2D eigenvalue weighted by atomic mass is 19.1. The van der Waals surface area contributed by atoms with Gasteiger partial charge in [0.2, 0.25) is 17.7 Å². The molecule has 200 valence electrons. The number of amides is 4. The fourth-order valence-corrected chi connectivity index (χ4v) is 5.93. The van der Waals surface area contributed by atoms with E-state index in [1.54, 1.807) is 20.8 Å². The monoisotopic (exact) mass is 507 g/mol. The van der Waals surface area contributed by atoms with E-state index >= 15 is 0 Å². The molecule has 0 radical (unpaired) electrons. The molecule has 2 aliphatic heterocycles. The van der Waals surface area contributed by atoms with Crippen LogP contribution in [0.3, 0.4) is 0 Å². The number of rotatable bonds is 6. The molecule has 3 N–H and O–H groups in total. The number of carbonyl (C=O) groups excluding carboxylic acids is 4. The fraction of sp³-hybridized carbons (Fsp3) is 0.800. The molecule has 10 nitrogen and oxygen atoms in total. The van der Waals surface area contributed by atoms with Crippen LogP contribution in [0.25, 0.3) is 0 Å². The molecule has 0 aromatic carbocycles. The van der Waals surface area contributed by atoms with Gasteiger partial charge in [-0.05, 0) is 48.9 Å². The number of alkyl carbamates (subject to hydrolysis) is 1. The van der Waals surface area contributed by atoms with E-state index in [1.165, 1.54) is 12.0 Å². The summed E-state index contributed by atoms with van der Waals surface area (Å²) in [6, 6.07) is -0.831. The van der Waals surface area contributed by atoms with Crippen LogP contribution in [0.1, 0.15) is 53.4 Å². The van der Waals surface area contributed by atoms with Crippen molar-refractivity contribution in [1.29, 1.82) is 5.26 Å². The fourth-order valence-electron chi connectivity index (χ4n) is 5.93. The van der Waals surface area contributed by atoms with Gasteiger partial charge in [-0.15, -0.1) is 0 Å².